The number of benzene rings is 2. The van der Waals surface area contributed by atoms with Gasteiger partial charge in [0.15, 0.2) is 9.84 Å². The lowest BCUT2D eigenvalue weighted by molar-refractivity contribution is 0.285. The first kappa shape index (κ1) is 21.3. The van der Waals surface area contributed by atoms with Crippen LogP contribution in [0.3, 0.4) is 0 Å². The molecule has 0 saturated carbocycles. The second-order valence-corrected chi connectivity index (χ2v) is 9.49. The van der Waals surface area contributed by atoms with Crippen LogP contribution in [0.5, 0.6) is 0 Å². The third kappa shape index (κ3) is 3.84. The Kier molecular flexibility index (Phi) is 5.95. The van der Waals surface area contributed by atoms with Crippen molar-refractivity contribution in [1.29, 1.82) is 0 Å². The van der Waals surface area contributed by atoms with Crippen molar-refractivity contribution in [2.75, 3.05) is 12.3 Å². The van der Waals surface area contributed by atoms with Crippen LogP contribution in [0.15, 0.2) is 40.1 Å². The van der Waals surface area contributed by atoms with E-state index in [4.69, 9.17) is 5.73 Å². The second kappa shape index (κ2) is 7.55. The summed E-state index contributed by atoms with van der Waals surface area (Å²) in [5, 5.41) is 7.95. The third-order valence-corrected chi connectivity index (χ3v) is 7.67. The van der Waals surface area contributed by atoms with Crippen LogP contribution in [0, 0.1) is 19.7 Å². The van der Waals surface area contributed by atoms with Gasteiger partial charge in [-0.3, -0.25) is 4.55 Å². The summed E-state index contributed by atoms with van der Waals surface area (Å²) in [7, 11) is -9.43. The first-order valence-corrected chi connectivity index (χ1v) is 10.9. The molecule has 1 atom stereocenters. The Morgan fingerprint density at radius 1 is 1.04 bits per heavy atom. The highest BCUT2D eigenvalue weighted by Gasteiger charge is 2.37. The lowest BCUT2D eigenvalue weighted by Gasteiger charge is -2.21. The SMILES string of the molecule is Cc1c(C)c(S(=O)(=O)O)c(N)c(S(=O)(=O)C(CCO)c2ccccc2)c1F. The molecular formula is C17H20FNO6S2. The summed E-state index contributed by atoms with van der Waals surface area (Å²) in [4.78, 5) is -1.84. The van der Waals surface area contributed by atoms with Crippen molar-refractivity contribution >= 4 is 25.6 Å². The van der Waals surface area contributed by atoms with Crippen molar-refractivity contribution in [3.05, 3.63) is 52.8 Å². The van der Waals surface area contributed by atoms with E-state index in [9.17, 15) is 30.9 Å². The largest absolute Gasteiger partial charge is 0.396 e. The average molecular weight is 417 g/mol. The topological polar surface area (TPSA) is 135 Å². The van der Waals surface area contributed by atoms with Crippen molar-refractivity contribution < 1.29 is 30.9 Å². The summed E-state index contributed by atoms with van der Waals surface area (Å²) < 4.78 is 74.2. The molecule has 2 aromatic rings. The molecule has 2 aromatic carbocycles. The summed E-state index contributed by atoms with van der Waals surface area (Å²) in [5.74, 6) is -1.18. The Morgan fingerprint density at radius 2 is 1.59 bits per heavy atom. The van der Waals surface area contributed by atoms with Gasteiger partial charge in [0, 0.05) is 6.61 Å². The molecule has 0 radical (unpaired) electrons. The van der Waals surface area contributed by atoms with Gasteiger partial charge in [0.25, 0.3) is 10.1 Å². The van der Waals surface area contributed by atoms with Gasteiger partial charge < -0.3 is 10.8 Å². The van der Waals surface area contributed by atoms with Crippen LogP contribution in [-0.2, 0) is 20.0 Å². The molecule has 148 valence electrons. The van der Waals surface area contributed by atoms with Crippen LogP contribution in [0.2, 0.25) is 0 Å². The molecule has 1 unspecified atom stereocenters. The number of aliphatic hydroxyl groups is 1. The fraction of sp³-hybridized carbons (Fsp3) is 0.294. The van der Waals surface area contributed by atoms with Crippen LogP contribution in [-0.4, -0.2) is 33.1 Å². The highest BCUT2D eigenvalue weighted by atomic mass is 32.2. The van der Waals surface area contributed by atoms with Crippen LogP contribution in [0.1, 0.15) is 28.4 Å². The second-order valence-electron chi connectivity index (χ2n) is 6.07. The number of nitrogen functional groups attached to an aromatic ring is 1. The molecule has 0 aromatic heterocycles. The molecular weight excluding hydrogens is 397 g/mol. The number of nitrogens with two attached hydrogens (primary N) is 1. The monoisotopic (exact) mass is 417 g/mol. The van der Waals surface area contributed by atoms with Gasteiger partial charge in [-0.25, -0.2) is 12.8 Å². The summed E-state index contributed by atoms with van der Waals surface area (Å²) in [6, 6.07) is 7.82. The van der Waals surface area contributed by atoms with E-state index < -0.39 is 53.1 Å². The normalized spacial score (nSPS) is 13.5. The van der Waals surface area contributed by atoms with Gasteiger partial charge in [-0.2, -0.15) is 8.42 Å². The van der Waals surface area contributed by atoms with Crippen molar-refractivity contribution in [3.63, 3.8) is 0 Å². The molecule has 0 aliphatic carbocycles. The number of aliphatic hydroxyl groups excluding tert-OH is 1. The van der Waals surface area contributed by atoms with Crippen LogP contribution in [0.25, 0.3) is 0 Å². The molecule has 0 heterocycles. The zero-order valence-electron chi connectivity index (χ0n) is 14.7. The molecule has 0 spiro atoms. The summed E-state index contributed by atoms with van der Waals surface area (Å²) in [6.07, 6.45) is -0.251. The van der Waals surface area contributed by atoms with Gasteiger partial charge in [-0.05, 0) is 37.0 Å². The van der Waals surface area contributed by atoms with E-state index in [0.29, 0.717) is 0 Å². The first-order valence-electron chi connectivity index (χ1n) is 7.89. The van der Waals surface area contributed by atoms with Gasteiger partial charge in [-0.1, -0.05) is 30.3 Å². The zero-order valence-corrected chi connectivity index (χ0v) is 16.3. The van der Waals surface area contributed by atoms with Crippen LogP contribution in [0.4, 0.5) is 10.1 Å². The van der Waals surface area contributed by atoms with E-state index in [2.05, 4.69) is 0 Å². The molecule has 0 aliphatic rings. The predicted molar refractivity (Wildman–Crippen MR) is 98.2 cm³/mol. The van der Waals surface area contributed by atoms with E-state index in [1.807, 2.05) is 0 Å². The third-order valence-electron chi connectivity index (χ3n) is 4.40. The average Bonchev–Trinajstić information content (AvgIpc) is 2.57. The Bertz CT molecular complexity index is 1070. The summed E-state index contributed by atoms with van der Waals surface area (Å²) >= 11 is 0. The molecule has 27 heavy (non-hydrogen) atoms. The Labute approximate surface area is 157 Å². The van der Waals surface area contributed by atoms with Gasteiger partial charge in [0.2, 0.25) is 0 Å². The smallest absolute Gasteiger partial charge is 0.296 e. The Morgan fingerprint density at radius 3 is 2.07 bits per heavy atom. The van der Waals surface area contributed by atoms with E-state index in [-0.39, 0.29) is 23.1 Å². The molecule has 0 saturated heterocycles. The maximum absolute atomic E-state index is 14.9. The standard InChI is InChI=1S/C17H20FNO6S2/c1-10-11(2)16(27(23,24)25)15(19)17(14(10)18)26(21,22)13(8-9-20)12-6-4-3-5-7-12/h3-7,13,20H,8-9,19H2,1-2H3,(H,23,24,25). The zero-order chi connectivity index (χ0) is 20.6. The number of halogens is 1. The van der Waals surface area contributed by atoms with E-state index in [0.717, 1.165) is 0 Å². The van der Waals surface area contributed by atoms with Crippen molar-refractivity contribution in [2.24, 2.45) is 0 Å². The van der Waals surface area contributed by atoms with Gasteiger partial charge in [-0.15, -0.1) is 0 Å². The van der Waals surface area contributed by atoms with Crippen molar-refractivity contribution in [3.8, 4) is 0 Å². The Hall–Kier alpha value is -2.01. The number of hydrogen-bond donors (Lipinski definition) is 3. The number of anilines is 1. The molecule has 7 nitrogen and oxygen atoms in total. The van der Waals surface area contributed by atoms with Gasteiger partial charge in [0.1, 0.15) is 15.6 Å². The minimum Gasteiger partial charge on any atom is -0.396 e. The number of hydrogen-bond acceptors (Lipinski definition) is 6. The van der Waals surface area contributed by atoms with E-state index in [1.165, 1.54) is 26.0 Å². The van der Waals surface area contributed by atoms with Crippen molar-refractivity contribution in [2.45, 2.75) is 35.3 Å². The summed E-state index contributed by atoms with van der Waals surface area (Å²) in [5.41, 5.74) is 4.69. The van der Waals surface area contributed by atoms with E-state index in [1.54, 1.807) is 18.2 Å². The molecule has 0 bridgehead atoms. The van der Waals surface area contributed by atoms with E-state index >= 15 is 0 Å². The molecule has 2 rings (SSSR count). The number of rotatable bonds is 6. The minimum absolute atomic E-state index is 0.176. The van der Waals surface area contributed by atoms with Gasteiger partial charge in [0.05, 0.1) is 10.9 Å². The molecule has 10 heteroatoms. The molecule has 0 amide bonds. The lowest BCUT2D eigenvalue weighted by atomic mass is 10.1. The quantitative estimate of drug-likeness (QED) is 0.484. The fourth-order valence-electron chi connectivity index (χ4n) is 2.97. The maximum Gasteiger partial charge on any atom is 0.296 e. The molecule has 0 fully saturated rings. The van der Waals surface area contributed by atoms with Crippen LogP contribution >= 0.6 is 0 Å². The number of sulfone groups is 1. The molecule has 0 aliphatic heterocycles. The predicted octanol–water partition coefficient (Wildman–Crippen LogP) is 2.17. The van der Waals surface area contributed by atoms with Crippen molar-refractivity contribution in [1.82, 2.24) is 0 Å². The first-order chi connectivity index (χ1) is 12.4. The maximum atomic E-state index is 14.9. The Balaban J connectivity index is 2.88. The fourth-order valence-corrected chi connectivity index (χ4v) is 5.98. The highest BCUT2D eigenvalue weighted by molar-refractivity contribution is 7.92. The van der Waals surface area contributed by atoms with Crippen LogP contribution < -0.4 is 5.73 Å². The summed E-state index contributed by atoms with van der Waals surface area (Å²) in [6.45, 7) is 1.91. The highest BCUT2D eigenvalue weighted by Crippen LogP contribution is 2.40. The minimum atomic E-state index is -4.89. The molecule has 4 N–H and O–H groups in total. The van der Waals surface area contributed by atoms with Gasteiger partial charge >= 0.3 is 0 Å². The lowest BCUT2D eigenvalue weighted by Crippen LogP contribution is -2.21.